The number of benzene rings is 1. The van der Waals surface area contributed by atoms with Gasteiger partial charge in [-0.25, -0.2) is 8.42 Å². The Bertz CT molecular complexity index is 454. The van der Waals surface area contributed by atoms with Crippen LogP contribution in [0.1, 0.15) is 20.8 Å². The molecule has 17 heavy (non-hydrogen) atoms. The second-order valence-corrected chi connectivity index (χ2v) is 7.64. The maximum Gasteiger partial charge on any atom is 0.158 e. The molecule has 96 valence electrons. The van der Waals surface area contributed by atoms with Crippen molar-refractivity contribution < 1.29 is 18.3 Å². The third-order valence-corrected chi connectivity index (χ3v) is 4.96. The second kappa shape index (κ2) is 4.96. The maximum atomic E-state index is 11.8. The van der Waals surface area contributed by atoms with E-state index in [1.54, 1.807) is 32.9 Å². The fourth-order valence-corrected chi connectivity index (χ4v) is 2.03. The van der Waals surface area contributed by atoms with Crippen LogP contribution in [0, 0.1) is 0 Å². The Morgan fingerprint density at radius 3 is 2.18 bits per heavy atom. The van der Waals surface area contributed by atoms with Crippen molar-refractivity contribution in [1.29, 1.82) is 0 Å². The van der Waals surface area contributed by atoms with E-state index in [-0.39, 0.29) is 18.1 Å². The third-order valence-electron chi connectivity index (χ3n) is 2.39. The number of hydrogen-bond acceptors (Lipinski definition) is 4. The van der Waals surface area contributed by atoms with Gasteiger partial charge in [-0.05, 0) is 45.0 Å². The second-order valence-electron chi connectivity index (χ2n) is 4.77. The summed E-state index contributed by atoms with van der Waals surface area (Å²) in [5.74, 6) is 0.684. The van der Waals surface area contributed by atoms with Crippen LogP contribution in [0.25, 0.3) is 0 Å². The predicted molar refractivity (Wildman–Crippen MR) is 67.1 cm³/mol. The number of rotatable bonds is 4. The molecule has 1 aromatic carbocycles. The van der Waals surface area contributed by atoms with Gasteiger partial charge in [0.1, 0.15) is 18.1 Å². The topological polar surface area (TPSA) is 63.6 Å². The van der Waals surface area contributed by atoms with E-state index in [9.17, 15) is 8.42 Å². The minimum atomic E-state index is -3.15. The van der Waals surface area contributed by atoms with Gasteiger partial charge in [0, 0.05) is 0 Å². The number of sulfone groups is 1. The summed E-state index contributed by atoms with van der Waals surface area (Å²) in [5.41, 5.74) is 0. The average molecular weight is 258 g/mol. The monoisotopic (exact) mass is 258 g/mol. The van der Waals surface area contributed by atoms with Crippen molar-refractivity contribution in [2.24, 2.45) is 0 Å². The van der Waals surface area contributed by atoms with Crippen LogP contribution in [0.3, 0.4) is 0 Å². The summed E-state index contributed by atoms with van der Waals surface area (Å²) in [6.07, 6.45) is 0. The van der Waals surface area contributed by atoms with E-state index in [0.29, 0.717) is 5.75 Å². The summed E-state index contributed by atoms with van der Waals surface area (Å²) in [7, 11) is -3.15. The minimum Gasteiger partial charge on any atom is -0.508 e. The van der Waals surface area contributed by atoms with E-state index in [1.807, 2.05) is 0 Å². The molecule has 4 nitrogen and oxygen atoms in total. The van der Waals surface area contributed by atoms with Gasteiger partial charge in [-0.1, -0.05) is 0 Å². The number of ether oxygens (including phenoxy) is 1. The zero-order chi connectivity index (χ0) is 13.1. The highest BCUT2D eigenvalue weighted by Crippen LogP contribution is 2.18. The Morgan fingerprint density at radius 2 is 1.71 bits per heavy atom. The molecule has 0 radical (unpaired) electrons. The Labute approximate surface area is 102 Å². The summed E-state index contributed by atoms with van der Waals surface area (Å²) >= 11 is 0. The maximum absolute atomic E-state index is 11.8. The summed E-state index contributed by atoms with van der Waals surface area (Å²) in [4.78, 5) is 0. The third kappa shape index (κ3) is 3.93. The van der Waals surface area contributed by atoms with E-state index in [0.717, 1.165) is 0 Å². The van der Waals surface area contributed by atoms with Crippen LogP contribution in [0.5, 0.6) is 11.5 Å². The van der Waals surface area contributed by atoms with Gasteiger partial charge in [-0.2, -0.15) is 0 Å². The zero-order valence-corrected chi connectivity index (χ0v) is 11.1. The quantitative estimate of drug-likeness (QED) is 0.897. The zero-order valence-electron chi connectivity index (χ0n) is 10.3. The standard InChI is InChI=1S/C12H18O4S/c1-12(2,3)17(14,15)9-8-16-11-6-4-10(13)5-7-11/h4-7,13H,8-9H2,1-3H3. The summed E-state index contributed by atoms with van der Waals surface area (Å²) < 4.78 is 28.1. The number of aromatic hydroxyl groups is 1. The molecule has 1 N–H and O–H groups in total. The van der Waals surface area contributed by atoms with E-state index in [1.165, 1.54) is 12.1 Å². The van der Waals surface area contributed by atoms with Gasteiger partial charge in [-0.15, -0.1) is 0 Å². The van der Waals surface area contributed by atoms with Crippen LogP contribution in [0.2, 0.25) is 0 Å². The molecule has 0 aromatic heterocycles. The van der Waals surface area contributed by atoms with E-state index in [4.69, 9.17) is 9.84 Å². The molecule has 0 heterocycles. The molecule has 1 aromatic rings. The van der Waals surface area contributed by atoms with Crippen LogP contribution in [-0.4, -0.2) is 30.6 Å². The van der Waals surface area contributed by atoms with Crippen LogP contribution in [0.4, 0.5) is 0 Å². The van der Waals surface area contributed by atoms with Crippen molar-refractivity contribution in [3.05, 3.63) is 24.3 Å². The van der Waals surface area contributed by atoms with Crippen molar-refractivity contribution >= 4 is 9.84 Å². The largest absolute Gasteiger partial charge is 0.508 e. The van der Waals surface area contributed by atoms with Crippen molar-refractivity contribution in [3.8, 4) is 11.5 Å². The lowest BCUT2D eigenvalue weighted by atomic mass is 10.3. The number of phenolic OH excluding ortho intramolecular Hbond substituents is 1. The van der Waals surface area contributed by atoms with Crippen LogP contribution >= 0.6 is 0 Å². The van der Waals surface area contributed by atoms with Crippen molar-refractivity contribution in [2.75, 3.05) is 12.4 Å². The van der Waals surface area contributed by atoms with Gasteiger partial charge in [0.2, 0.25) is 0 Å². The Hall–Kier alpha value is -1.23. The first kappa shape index (κ1) is 13.8. The normalized spacial score (nSPS) is 12.4. The molecular weight excluding hydrogens is 240 g/mol. The fraction of sp³-hybridized carbons (Fsp3) is 0.500. The highest BCUT2D eigenvalue weighted by molar-refractivity contribution is 7.92. The SMILES string of the molecule is CC(C)(C)S(=O)(=O)CCOc1ccc(O)cc1. The van der Waals surface area contributed by atoms with Crippen molar-refractivity contribution in [2.45, 2.75) is 25.5 Å². The lowest BCUT2D eigenvalue weighted by Gasteiger charge is -2.19. The molecule has 0 amide bonds. The molecule has 0 bridgehead atoms. The molecule has 0 aliphatic carbocycles. The molecule has 1 rings (SSSR count). The van der Waals surface area contributed by atoms with E-state index < -0.39 is 14.6 Å². The van der Waals surface area contributed by atoms with Crippen molar-refractivity contribution in [3.63, 3.8) is 0 Å². The molecule has 0 fully saturated rings. The smallest absolute Gasteiger partial charge is 0.158 e. The van der Waals surface area contributed by atoms with Crippen molar-refractivity contribution in [1.82, 2.24) is 0 Å². The Balaban J connectivity index is 2.52. The highest BCUT2D eigenvalue weighted by Gasteiger charge is 2.28. The molecule has 0 spiro atoms. The van der Waals surface area contributed by atoms with Gasteiger partial charge < -0.3 is 9.84 Å². The van der Waals surface area contributed by atoms with Gasteiger partial charge >= 0.3 is 0 Å². The average Bonchev–Trinajstić information content (AvgIpc) is 2.19. The summed E-state index contributed by atoms with van der Waals surface area (Å²) in [6, 6.07) is 6.18. The number of phenols is 1. The molecule has 0 aliphatic heterocycles. The minimum absolute atomic E-state index is 0.0165. The van der Waals surface area contributed by atoms with Crippen LogP contribution in [0.15, 0.2) is 24.3 Å². The van der Waals surface area contributed by atoms with E-state index >= 15 is 0 Å². The summed E-state index contributed by atoms with van der Waals surface area (Å²) in [5, 5.41) is 9.07. The first-order chi connectivity index (χ1) is 7.72. The van der Waals surface area contributed by atoms with Gasteiger partial charge in [0.25, 0.3) is 0 Å². The molecule has 0 saturated carbocycles. The van der Waals surface area contributed by atoms with Gasteiger partial charge in [0.05, 0.1) is 10.5 Å². The Kier molecular flexibility index (Phi) is 4.03. The van der Waals surface area contributed by atoms with E-state index in [2.05, 4.69) is 0 Å². The fourth-order valence-electron chi connectivity index (χ4n) is 1.12. The molecule has 0 atom stereocenters. The first-order valence-electron chi connectivity index (χ1n) is 5.36. The molecule has 5 heteroatoms. The molecule has 0 aliphatic rings. The highest BCUT2D eigenvalue weighted by atomic mass is 32.2. The van der Waals surface area contributed by atoms with Crippen LogP contribution in [-0.2, 0) is 9.84 Å². The Morgan fingerprint density at radius 1 is 1.18 bits per heavy atom. The lowest BCUT2D eigenvalue weighted by Crippen LogP contribution is -2.32. The first-order valence-corrected chi connectivity index (χ1v) is 7.02. The molecule has 0 unspecified atom stereocenters. The summed E-state index contributed by atoms with van der Waals surface area (Å²) in [6.45, 7) is 5.12. The predicted octanol–water partition coefficient (Wildman–Crippen LogP) is 1.98. The number of hydrogen-bond donors (Lipinski definition) is 1. The lowest BCUT2D eigenvalue weighted by molar-refractivity contribution is 0.339. The molecule has 0 saturated heterocycles. The van der Waals surface area contributed by atoms with Crippen LogP contribution < -0.4 is 4.74 Å². The van der Waals surface area contributed by atoms with Gasteiger partial charge in [0.15, 0.2) is 9.84 Å². The molecular formula is C12H18O4S. The van der Waals surface area contributed by atoms with Gasteiger partial charge in [-0.3, -0.25) is 0 Å².